The van der Waals surface area contributed by atoms with Crippen LogP contribution in [0.5, 0.6) is 5.75 Å². The number of nitrogens with one attached hydrogen (secondary N) is 1. The Kier molecular flexibility index (Phi) is 6.54. The molecule has 3 aromatic rings. The molecule has 2 heterocycles. The number of nitrogens with zero attached hydrogens (tertiary/aromatic N) is 2. The van der Waals surface area contributed by atoms with Crippen LogP contribution in [0, 0.1) is 5.92 Å². The van der Waals surface area contributed by atoms with Gasteiger partial charge in [0.15, 0.2) is 5.13 Å². The second-order valence-corrected chi connectivity index (χ2v) is 8.88. The standard InChI is InChI=1S/C21H25ClN4OS/c1-14(2)12-21(3,23)13-27-18-5-4-15(10-17(18)22)16-6-7-24-19(11-16)26-20-25-8-9-28-20/h4-11,14H,12-13,23H2,1-3H3,(H,24,25,26)/t21-/m0/s1. The van der Waals surface area contributed by atoms with Crippen LogP contribution >= 0.6 is 22.9 Å². The van der Waals surface area contributed by atoms with Crippen LogP contribution in [0.2, 0.25) is 5.02 Å². The van der Waals surface area contributed by atoms with Gasteiger partial charge in [-0.1, -0.05) is 31.5 Å². The number of nitrogens with two attached hydrogens (primary N) is 1. The van der Waals surface area contributed by atoms with Crippen molar-refractivity contribution in [1.82, 2.24) is 9.97 Å². The van der Waals surface area contributed by atoms with Gasteiger partial charge in [-0.25, -0.2) is 9.97 Å². The van der Waals surface area contributed by atoms with Crippen LogP contribution < -0.4 is 15.8 Å². The molecule has 0 fully saturated rings. The highest BCUT2D eigenvalue weighted by molar-refractivity contribution is 7.13. The summed E-state index contributed by atoms with van der Waals surface area (Å²) in [5.41, 5.74) is 7.92. The normalized spacial score (nSPS) is 13.4. The Labute approximate surface area is 174 Å². The van der Waals surface area contributed by atoms with E-state index in [1.54, 1.807) is 12.4 Å². The van der Waals surface area contributed by atoms with Gasteiger partial charge < -0.3 is 15.8 Å². The molecule has 0 radical (unpaired) electrons. The van der Waals surface area contributed by atoms with Crippen LogP contribution in [0.15, 0.2) is 48.1 Å². The largest absolute Gasteiger partial charge is 0.490 e. The maximum Gasteiger partial charge on any atom is 0.188 e. The van der Waals surface area contributed by atoms with Gasteiger partial charge in [-0.15, -0.1) is 11.3 Å². The molecule has 0 spiro atoms. The molecule has 3 N–H and O–H groups in total. The van der Waals surface area contributed by atoms with Crippen molar-refractivity contribution in [3.63, 3.8) is 0 Å². The Hall–Kier alpha value is -2.15. The summed E-state index contributed by atoms with van der Waals surface area (Å²) in [5.74, 6) is 1.88. The van der Waals surface area contributed by atoms with Crippen LogP contribution in [0.1, 0.15) is 27.2 Å². The van der Waals surface area contributed by atoms with Crippen molar-refractivity contribution in [3.05, 3.63) is 53.1 Å². The topological polar surface area (TPSA) is 73.1 Å². The Morgan fingerprint density at radius 3 is 2.64 bits per heavy atom. The molecule has 3 rings (SSSR count). The quantitative estimate of drug-likeness (QED) is 0.489. The molecule has 28 heavy (non-hydrogen) atoms. The molecule has 5 nitrogen and oxygen atoms in total. The van der Waals surface area contributed by atoms with E-state index in [0.717, 1.165) is 28.5 Å². The molecule has 0 saturated carbocycles. The van der Waals surface area contributed by atoms with E-state index in [-0.39, 0.29) is 0 Å². The van der Waals surface area contributed by atoms with Crippen molar-refractivity contribution in [2.24, 2.45) is 11.7 Å². The number of hydrogen-bond acceptors (Lipinski definition) is 6. The third kappa shape index (κ3) is 5.67. The number of pyridine rings is 1. The number of benzene rings is 1. The first-order chi connectivity index (χ1) is 13.3. The fraction of sp³-hybridized carbons (Fsp3) is 0.333. The van der Waals surface area contributed by atoms with Crippen LogP contribution in [0.4, 0.5) is 10.9 Å². The first-order valence-corrected chi connectivity index (χ1v) is 10.4. The molecular weight excluding hydrogens is 392 g/mol. The summed E-state index contributed by atoms with van der Waals surface area (Å²) in [6.45, 7) is 6.73. The van der Waals surface area contributed by atoms with E-state index < -0.39 is 5.54 Å². The highest BCUT2D eigenvalue weighted by atomic mass is 35.5. The first kappa shape index (κ1) is 20.6. The molecule has 0 amide bonds. The fourth-order valence-corrected chi connectivity index (χ4v) is 3.88. The van der Waals surface area contributed by atoms with Gasteiger partial charge in [-0.2, -0.15) is 0 Å². The van der Waals surface area contributed by atoms with Crippen molar-refractivity contribution < 1.29 is 4.74 Å². The minimum Gasteiger partial charge on any atom is -0.490 e. The SMILES string of the molecule is CC(C)C[C@](C)(N)COc1ccc(-c2ccnc(Nc3nccs3)c2)cc1Cl. The summed E-state index contributed by atoms with van der Waals surface area (Å²) in [6, 6.07) is 9.68. The zero-order chi connectivity index (χ0) is 20.1. The van der Waals surface area contributed by atoms with Crippen LogP contribution in [0.3, 0.4) is 0 Å². The molecule has 148 valence electrons. The molecule has 0 aliphatic rings. The van der Waals surface area contributed by atoms with Gasteiger partial charge in [0, 0.05) is 23.3 Å². The average molecular weight is 417 g/mol. The molecule has 0 aliphatic carbocycles. The summed E-state index contributed by atoms with van der Waals surface area (Å²) in [4.78, 5) is 8.56. The molecular formula is C21H25ClN4OS. The highest BCUT2D eigenvalue weighted by Gasteiger charge is 2.21. The van der Waals surface area contributed by atoms with Crippen molar-refractivity contribution in [1.29, 1.82) is 0 Å². The Bertz CT molecular complexity index is 913. The summed E-state index contributed by atoms with van der Waals surface area (Å²) < 4.78 is 5.90. The van der Waals surface area contributed by atoms with Crippen LogP contribution in [0.25, 0.3) is 11.1 Å². The van der Waals surface area contributed by atoms with Crippen molar-refractivity contribution in [2.75, 3.05) is 11.9 Å². The van der Waals surface area contributed by atoms with E-state index in [1.807, 2.05) is 42.6 Å². The lowest BCUT2D eigenvalue weighted by Gasteiger charge is -2.26. The second kappa shape index (κ2) is 8.90. The van der Waals surface area contributed by atoms with Crippen molar-refractivity contribution in [2.45, 2.75) is 32.7 Å². The highest BCUT2D eigenvalue weighted by Crippen LogP contribution is 2.32. The number of halogens is 1. The van der Waals surface area contributed by atoms with Crippen LogP contribution in [-0.4, -0.2) is 22.1 Å². The van der Waals surface area contributed by atoms with Crippen molar-refractivity contribution in [3.8, 4) is 16.9 Å². The molecule has 0 unspecified atom stereocenters. The molecule has 7 heteroatoms. The van der Waals surface area contributed by atoms with E-state index in [2.05, 4.69) is 29.1 Å². The number of anilines is 2. The smallest absolute Gasteiger partial charge is 0.188 e. The summed E-state index contributed by atoms with van der Waals surface area (Å²) in [6.07, 6.45) is 4.40. The lowest BCUT2D eigenvalue weighted by atomic mass is 9.93. The monoisotopic (exact) mass is 416 g/mol. The molecule has 0 bridgehead atoms. The van der Waals surface area contributed by atoms with Gasteiger partial charge in [0.1, 0.15) is 18.2 Å². The van der Waals surface area contributed by atoms with E-state index in [4.69, 9.17) is 22.1 Å². The van der Waals surface area contributed by atoms with Crippen LogP contribution in [-0.2, 0) is 0 Å². The Morgan fingerprint density at radius 2 is 1.96 bits per heavy atom. The lowest BCUT2D eigenvalue weighted by molar-refractivity contribution is 0.207. The zero-order valence-electron chi connectivity index (χ0n) is 16.3. The van der Waals surface area contributed by atoms with Gasteiger partial charge in [-0.3, -0.25) is 0 Å². The zero-order valence-corrected chi connectivity index (χ0v) is 17.8. The summed E-state index contributed by atoms with van der Waals surface area (Å²) in [7, 11) is 0. The van der Waals surface area contributed by atoms with E-state index in [1.165, 1.54) is 11.3 Å². The molecule has 0 saturated heterocycles. The number of hydrogen-bond donors (Lipinski definition) is 2. The third-order valence-corrected chi connectivity index (χ3v) is 5.11. The molecule has 0 aliphatic heterocycles. The Balaban J connectivity index is 1.72. The average Bonchev–Trinajstić information content (AvgIpc) is 3.13. The predicted octanol–water partition coefficient (Wildman–Crippen LogP) is 5.74. The lowest BCUT2D eigenvalue weighted by Crippen LogP contribution is -2.43. The number of ether oxygens (including phenoxy) is 1. The number of thiazole rings is 1. The van der Waals surface area contributed by atoms with E-state index in [9.17, 15) is 0 Å². The molecule has 1 aromatic carbocycles. The second-order valence-electron chi connectivity index (χ2n) is 7.58. The number of aromatic nitrogens is 2. The maximum absolute atomic E-state index is 6.46. The summed E-state index contributed by atoms with van der Waals surface area (Å²) >= 11 is 7.99. The van der Waals surface area contributed by atoms with Gasteiger partial charge in [0.2, 0.25) is 0 Å². The first-order valence-electron chi connectivity index (χ1n) is 9.16. The maximum atomic E-state index is 6.46. The van der Waals surface area contributed by atoms with Crippen molar-refractivity contribution >= 4 is 33.9 Å². The van der Waals surface area contributed by atoms with Gasteiger partial charge in [0.05, 0.1) is 5.02 Å². The third-order valence-electron chi connectivity index (χ3n) is 4.12. The van der Waals surface area contributed by atoms with Gasteiger partial charge >= 0.3 is 0 Å². The Morgan fingerprint density at radius 1 is 1.18 bits per heavy atom. The number of rotatable bonds is 8. The minimum atomic E-state index is -0.391. The predicted molar refractivity (Wildman–Crippen MR) is 118 cm³/mol. The summed E-state index contributed by atoms with van der Waals surface area (Å²) in [5, 5.41) is 6.47. The fourth-order valence-electron chi connectivity index (χ4n) is 3.10. The molecule has 1 atom stereocenters. The minimum absolute atomic E-state index is 0.391. The molecule has 2 aromatic heterocycles. The van der Waals surface area contributed by atoms with E-state index >= 15 is 0 Å². The van der Waals surface area contributed by atoms with Gasteiger partial charge in [-0.05, 0) is 54.7 Å². The van der Waals surface area contributed by atoms with Gasteiger partial charge in [0.25, 0.3) is 0 Å². The van der Waals surface area contributed by atoms with E-state index in [0.29, 0.717) is 23.3 Å².